The number of aryl methyl sites for hydroxylation is 1. The van der Waals surface area contributed by atoms with Gasteiger partial charge in [-0.1, -0.05) is 12.1 Å². The Bertz CT molecular complexity index is 1400. The van der Waals surface area contributed by atoms with E-state index in [0.29, 0.717) is 5.82 Å². The van der Waals surface area contributed by atoms with Crippen molar-refractivity contribution in [3.05, 3.63) is 99.3 Å². The first kappa shape index (κ1) is 19.5. The minimum atomic E-state index is -0.725. The summed E-state index contributed by atoms with van der Waals surface area (Å²) in [5.41, 5.74) is 1.63. The summed E-state index contributed by atoms with van der Waals surface area (Å²) >= 11 is 1.60. The summed E-state index contributed by atoms with van der Waals surface area (Å²) in [5.74, 6) is -0.603. The molecule has 1 aliphatic heterocycles. The number of nitrogens with zero attached hydrogens (tertiary/aromatic N) is 2. The zero-order valence-electron chi connectivity index (χ0n) is 16.8. The van der Waals surface area contributed by atoms with Crippen molar-refractivity contribution in [2.75, 3.05) is 11.2 Å². The van der Waals surface area contributed by atoms with Crippen LogP contribution in [0.15, 0.2) is 74.9 Å². The van der Waals surface area contributed by atoms with Gasteiger partial charge in [0.15, 0.2) is 5.43 Å². The van der Waals surface area contributed by atoms with Crippen LogP contribution in [0.2, 0.25) is 0 Å². The van der Waals surface area contributed by atoms with E-state index < -0.39 is 23.2 Å². The molecule has 5 rings (SSSR count). The van der Waals surface area contributed by atoms with Crippen LogP contribution < -0.4 is 10.3 Å². The highest BCUT2D eigenvalue weighted by atomic mass is 32.2. The van der Waals surface area contributed by atoms with Crippen LogP contribution in [0, 0.1) is 12.7 Å². The molecule has 5 nitrogen and oxygen atoms in total. The monoisotopic (exact) mass is 432 g/mol. The molecular formula is C24H17FN2O3S. The maximum atomic E-state index is 13.9. The molecule has 2 aromatic heterocycles. The van der Waals surface area contributed by atoms with E-state index in [9.17, 15) is 14.0 Å². The van der Waals surface area contributed by atoms with Crippen LogP contribution in [0.25, 0.3) is 11.0 Å². The number of fused-ring (bicyclic) bond motifs is 2. The van der Waals surface area contributed by atoms with Gasteiger partial charge in [-0.2, -0.15) is 0 Å². The van der Waals surface area contributed by atoms with Crippen molar-refractivity contribution in [2.45, 2.75) is 17.9 Å². The van der Waals surface area contributed by atoms with Gasteiger partial charge in [0.1, 0.15) is 17.2 Å². The lowest BCUT2D eigenvalue weighted by Gasteiger charge is -2.24. The number of anilines is 1. The number of amides is 1. The molecule has 0 aliphatic carbocycles. The molecule has 7 heteroatoms. The van der Waals surface area contributed by atoms with Gasteiger partial charge in [0, 0.05) is 11.1 Å². The molecule has 0 saturated carbocycles. The van der Waals surface area contributed by atoms with Crippen molar-refractivity contribution < 1.29 is 13.6 Å². The number of rotatable bonds is 3. The molecule has 0 radical (unpaired) electrons. The van der Waals surface area contributed by atoms with E-state index in [1.54, 1.807) is 24.0 Å². The second-order valence-corrected chi connectivity index (χ2v) is 8.24. The van der Waals surface area contributed by atoms with Gasteiger partial charge in [-0.3, -0.25) is 14.5 Å². The summed E-state index contributed by atoms with van der Waals surface area (Å²) in [4.78, 5) is 33.8. The number of aromatic nitrogens is 1. The average molecular weight is 432 g/mol. The zero-order chi connectivity index (χ0) is 21.7. The number of thioether (sulfide) groups is 1. The van der Waals surface area contributed by atoms with Gasteiger partial charge in [0.25, 0.3) is 5.91 Å². The fraction of sp³-hybridized carbons (Fsp3) is 0.125. The highest BCUT2D eigenvalue weighted by Gasteiger charge is 2.44. The lowest BCUT2D eigenvalue weighted by molar-refractivity contribution is 0.0970. The molecule has 1 atom stereocenters. The molecule has 0 fully saturated rings. The highest BCUT2D eigenvalue weighted by Crippen LogP contribution is 2.41. The average Bonchev–Trinajstić information content (AvgIpc) is 3.07. The van der Waals surface area contributed by atoms with Gasteiger partial charge < -0.3 is 4.42 Å². The highest BCUT2D eigenvalue weighted by molar-refractivity contribution is 7.98. The fourth-order valence-corrected chi connectivity index (χ4v) is 4.34. The predicted octanol–water partition coefficient (Wildman–Crippen LogP) is 5.11. The number of pyridine rings is 1. The first-order valence-electron chi connectivity index (χ1n) is 9.64. The molecule has 0 bridgehead atoms. The number of benzene rings is 2. The van der Waals surface area contributed by atoms with E-state index in [1.165, 1.54) is 17.0 Å². The fourth-order valence-electron chi connectivity index (χ4n) is 3.93. The van der Waals surface area contributed by atoms with Crippen molar-refractivity contribution in [2.24, 2.45) is 0 Å². The summed E-state index contributed by atoms with van der Waals surface area (Å²) in [5, 5.41) is 0.108. The summed E-state index contributed by atoms with van der Waals surface area (Å²) < 4.78 is 19.7. The van der Waals surface area contributed by atoms with Gasteiger partial charge in [0.05, 0.1) is 17.0 Å². The van der Waals surface area contributed by atoms with E-state index in [4.69, 9.17) is 4.42 Å². The number of halogens is 1. The Hall–Kier alpha value is -3.45. The maximum Gasteiger partial charge on any atom is 0.296 e. The van der Waals surface area contributed by atoms with Gasteiger partial charge in [-0.05, 0) is 66.8 Å². The molecular weight excluding hydrogens is 415 g/mol. The van der Waals surface area contributed by atoms with Crippen LogP contribution in [0.3, 0.4) is 0 Å². The van der Waals surface area contributed by atoms with Crippen LogP contribution >= 0.6 is 11.8 Å². The lowest BCUT2D eigenvalue weighted by atomic mass is 9.98. The van der Waals surface area contributed by atoms with Gasteiger partial charge in [-0.25, -0.2) is 9.37 Å². The second-order valence-electron chi connectivity index (χ2n) is 7.36. The second kappa shape index (κ2) is 7.35. The molecule has 0 N–H and O–H groups in total. The van der Waals surface area contributed by atoms with Crippen molar-refractivity contribution in [3.63, 3.8) is 0 Å². The van der Waals surface area contributed by atoms with E-state index in [-0.39, 0.29) is 22.3 Å². The Labute approximate surface area is 181 Å². The SMILES string of the molecule is CSc1ccc([C@H]2c3c(oc4ccc(F)cc4c3=O)C(=O)N2c2cc(C)ccn2)cc1. The normalized spacial score (nSPS) is 15.5. The van der Waals surface area contributed by atoms with Gasteiger partial charge in [0.2, 0.25) is 5.76 Å². The summed E-state index contributed by atoms with van der Waals surface area (Å²) in [6, 6.07) is 14.3. The van der Waals surface area contributed by atoms with Crippen LogP contribution in [0.4, 0.5) is 10.2 Å². The first-order chi connectivity index (χ1) is 15.0. The number of hydrogen-bond acceptors (Lipinski definition) is 5. The summed E-state index contributed by atoms with van der Waals surface area (Å²) in [6.45, 7) is 1.90. The maximum absolute atomic E-state index is 13.9. The Kier molecular flexibility index (Phi) is 4.63. The Balaban J connectivity index is 1.80. The first-order valence-corrected chi connectivity index (χ1v) is 10.9. The molecule has 1 amide bonds. The van der Waals surface area contributed by atoms with Crippen LogP contribution in [-0.2, 0) is 0 Å². The predicted molar refractivity (Wildman–Crippen MR) is 118 cm³/mol. The number of hydrogen-bond donors (Lipinski definition) is 0. The number of carbonyl (C=O) groups is 1. The molecule has 0 unspecified atom stereocenters. The smallest absolute Gasteiger partial charge is 0.296 e. The minimum Gasteiger partial charge on any atom is -0.450 e. The Morgan fingerprint density at radius 2 is 1.84 bits per heavy atom. The molecule has 3 heterocycles. The van der Waals surface area contributed by atoms with Crippen molar-refractivity contribution in [3.8, 4) is 0 Å². The van der Waals surface area contributed by atoms with Gasteiger partial charge in [-0.15, -0.1) is 11.8 Å². The van der Waals surface area contributed by atoms with E-state index >= 15 is 0 Å². The Morgan fingerprint density at radius 3 is 2.55 bits per heavy atom. The third kappa shape index (κ3) is 3.13. The molecule has 2 aromatic carbocycles. The van der Waals surface area contributed by atoms with E-state index in [1.807, 2.05) is 43.5 Å². The standard InChI is InChI=1S/C24H17FN2O3S/c1-13-9-10-26-19(11-13)27-21(14-3-6-16(31-2)7-4-14)20-22(28)17-12-15(25)5-8-18(17)30-23(20)24(27)29/h3-12,21H,1-2H3/t21-/m0/s1. The topological polar surface area (TPSA) is 63.4 Å². The van der Waals surface area contributed by atoms with E-state index in [0.717, 1.165) is 22.1 Å². The molecule has 0 spiro atoms. The van der Waals surface area contributed by atoms with Gasteiger partial charge >= 0.3 is 0 Å². The van der Waals surface area contributed by atoms with Crippen molar-refractivity contribution in [1.29, 1.82) is 0 Å². The molecule has 4 aromatic rings. The third-order valence-electron chi connectivity index (χ3n) is 5.41. The third-order valence-corrected chi connectivity index (χ3v) is 6.16. The molecule has 0 saturated heterocycles. The quantitative estimate of drug-likeness (QED) is 0.421. The molecule has 154 valence electrons. The summed E-state index contributed by atoms with van der Waals surface area (Å²) in [6.07, 6.45) is 3.59. The largest absolute Gasteiger partial charge is 0.450 e. The summed E-state index contributed by atoms with van der Waals surface area (Å²) in [7, 11) is 0. The zero-order valence-corrected chi connectivity index (χ0v) is 17.6. The lowest BCUT2D eigenvalue weighted by Crippen LogP contribution is -2.30. The molecule has 1 aliphatic rings. The van der Waals surface area contributed by atoms with Crippen LogP contribution in [-0.4, -0.2) is 17.1 Å². The van der Waals surface area contributed by atoms with Crippen LogP contribution in [0.1, 0.15) is 33.3 Å². The van der Waals surface area contributed by atoms with Crippen molar-refractivity contribution >= 4 is 34.5 Å². The number of carbonyl (C=O) groups excluding carboxylic acids is 1. The van der Waals surface area contributed by atoms with Crippen molar-refractivity contribution in [1.82, 2.24) is 4.98 Å². The Morgan fingerprint density at radius 1 is 1.06 bits per heavy atom. The van der Waals surface area contributed by atoms with E-state index in [2.05, 4.69) is 4.98 Å². The molecule has 31 heavy (non-hydrogen) atoms. The minimum absolute atomic E-state index is 0.0358. The van der Waals surface area contributed by atoms with Crippen LogP contribution in [0.5, 0.6) is 0 Å².